The first-order chi connectivity index (χ1) is 29.0. The molecule has 5 nitrogen and oxygen atoms in total. The summed E-state index contributed by atoms with van der Waals surface area (Å²) in [5, 5.41) is 15.7. The van der Waals surface area contributed by atoms with Gasteiger partial charge in [0.1, 0.15) is 0 Å². The fourth-order valence-electron chi connectivity index (χ4n) is 8.10. The molecule has 4 aromatic carbocycles. The summed E-state index contributed by atoms with van der Waals surface area (Å²) in [5.74, 6) is 1.09. The van der Waals surface area contributed by atoms with Crippen LogP contribution in [0.25, 0.3) is 54.9 Å². The average Bonchev–Trinajstić information content (AvgIpc) is 3.69. The van der Waals surface area contributed by atoms with Crippen LogP contribution in [0.1, 0.15) is 122 Å². The average molecular weight is 1010 g/mol. The monoisotopic (exact) mass is 1010 g/mol. The van der Waals surface area contributed by atoms with Crippen molar-refractivity contribution in [3.05, 3.63) is 143 Å². The largest absolute Gasteiger partial charge is 0.512 e. The van der Waals surface area contributed by atoms with Crippen molar-refractivity contribution in [1.82, 2.24) is 9.97 Å². The number of carbonyl (C=O) groups is 1. The van der Waals surface area contributed by atoms with Gasteiger partial charge in [-0.3, -0.25) is 9.78 Å². The number of aliphatic hydroxyl groups excluding tert-OH is 1. The summed E-state index contributed by atoms with van der Waals surface area (Å²) in [6.07, 6.45) is 13.4. The minimum atomic E-state index is 0. The molecule has 329 valence electrons. The van der Waals surface area contributed by atoms with E-state index in [9.17, 15) is 9.90 Å². The number of aromatic nitrogens is 2. The van der Waals surface area contributed by atoms with Crippen LogP contribution in [-0.2, 0) is 31.3 Å². The van der Waals surface area contributed by atoms with Crippen molar-refractivity contribution in [2.45, 2.75) is 121 Å². The molecule has 62 heavy (non-hydrogen) atoms. The molecule has 0 spiro atoms. The van der Waals surface area contributed by atoms with E-state index in [-0.39, 0.29) is 48.9 Å². The fourth-order valence-corrected chi connectivity index (χ4v) is 8.10. The number of furan rings is 1. The Balaban J connectivity index is 0.000000210. The second-order valence-electron chi connectivity index (χ2n) is 18.1. The molecule has 1 radical (unpaired) electrons. The van der Waals surface area contributed by atoms with Crippen molar-refractivity contribution in [3.63, 3.8) is 0 Å². The molecule has 0 unspecified atom stereocenters. The molecule has 0 amide bonds. The number of hydrogen-bond acceptors (Lipinski definition) is 5. The number of allylic oxidation sites excluding steroid dienone is 2. The summed E-state index contributed by atoms with van der Waals surface area (Å²) in [6, 6.07) is 30.8. The van der Waals surface area contributed by atoms with Crippen LogP contribution in [0.4, 0.5) is 0 Å². The standard InChI is InChI=1S/C23H22NO.C20H20N.C13H24O2.Ir/c1-15-9-18-6-8-25-22(18)20(10-15)19-12-16(13-23(2,3)4)11-17-5-7-24-14-21(17)19;1-13(2)16-5-6-19-17(12-16)7-8-21-20(19)18-10-14(3)9-15(4)11-18;1-5-10(6-2)12(14)9-13(15)11(7-3)8-4;/h5-9,11-12,14H,13H2,1-4H3;5-10,12-13H,1-4H3;9-11,14H,5-8H2,1-4H3;/q2*-1;;/b;;12-9-;. The van der Waals surface area contributed by atoms with Gasteiger partial charge in [-0.25, -0.2) is 0 Å². The first-order valence-corrected chi connectivity index (χ1v) is 22.2. The maximum atomic E-state index is 11.7. The summed E-state index contributed by atoms with van der Waals surface area (Å²) in [6.45, 7) is 25.6. The summed E-state index contributed by atoms with van der Waals surface area (Å²) in [7, 11) is 0. The van der Waals surface area contributed by atoms with Crippen LogP contribution in [0, 0.1) is 50.2 Å². The number of benzene rings is 4. The van der Waals surface area contributed by atoms with E-state index < -0.39 is 0 Å². The number of hydrogen-bond donors (Lipinski definition) is 1. The van der Waals surface area contributed by atoms with E-state index in [1.54, 1.807) is 6.26 Å². The van der Waals surface area contributed by atoms with Crippen molar-refractivity contribution in [3.8, 4) is 22.4 Å². The first-order valence-electron chi connectivity index (χ1n) is 22.2. The molecule has 7 rings (SSSR count). The molecule has 0 aliphatic carbocycles. The zero-order valence-electron chi connectivity index (χ0n) is 39.0. The smallest absolute Gasteiger partial charge is 0.162 e. The van der Waals surface area contributed by atoms with E-state index in [1.807, 2.05) is 52.4 Å². The number of aliphatic hydroxyl groups is 1. The van der Waals surface area contributed by atoms with Crippen molar-refractivity contribution in [2.24, 2.45) is 17.3 Å². The second-order valence-corrected chi connectivity index (χ2v) is 18.1. The van der Waals surface area contributed by atoms with E-state index in [0.717, 1.165) is 82.0 Å². The van der Waals surface area contributed by atoms with Crippen LogP contribution in [0.15, 0.2) is 108 Å². The van der Waals surface area contributed by atoms with Crippen LogP contribution < -0.4 is 0 Å². The van der Waals surface area contributed by atoms with Gasteiger partial charge in [0.05, 0.1) is 12.0 Å². The van der Waals surface area contributed by atoms with Gasteiger partial charge in [-0.1, -0.05) is 135 Å². The Hall–Kier alpha value is -4.90. The van der Waals surface area contributed by atoms with Crippen LogP contribution >= 0.6 is 0 Å². The van der Waals surface area contributed by atoms with E-state index in [2.05, 4.69) is 138 Å². The SMILES string of the molecule is CCC(CC)C(=O)/C=C(\O)C(CC)CC.Cc1[c-]c(-c2cc(CC(C)(C)C)cc3ccncc23)c2occc2c1.Cc1[c-]c(-c2nccc3cc(C(C)C)ccc23)cc(C)c1.[Ir]. The molecule has 0 fully saturated rings. The molecule has 0 bridgehead atoms. The molecule has 1 N–H and O–H groups in total. The van der Waals surface area contributed by atoms with Gasteiger partial charge in [0, 0.05) is 62.2 Å². The molecule has 0 saturated heterocycles. The number of aryl methyl sites for hydroxylation is 3. The zero-order valence-corrected chi connectivity index (χ0v) is 41.4. The quantitative estimate of drug-likeness (QED) is 0.0794. The van der Waals surface area contributed by atoms with Crippen LogP contribution in [0.3, 0.4) is 0 Å². The Labute approximate surface area is 384 Å². The fraction of sp³-hybridized carbons (Fsp3) is 0.375. The predicted octanol–water partition coefficient (Wildman–Crippen LogP) is 15.7. The molecule has 3 heterocycles. The van der Waals surface area contributed by atoms with Crippen LogP contribution in [0.5, 0.6) is 0 Å². The summed E-state index contributed by atoms with van der Waals surface area (Å²) in [5.41, 5.74) is 11.6. The van der Waals surface area contributed by atoms with Gasteiger partial charge < -0.3 is 14.5 Å². The van der Waals surface area contributed by atoms with Crippen molar-refractivity contribution < 1.29 is 34.4 Å². The summed E-state index contributed by atoms with van der Waals surface area (Å²) >= 11 is 0. The van der Waals surface area contributed by atoms with Crippen molar-refractivity contribution in [1.29, 1.82) is 0 Å². The third-order valence-electron chi connectivity index (χ3n) is 11.4. The number of ketones is 1. The Kier molecular flexibility index (Phi) is 18.0. The van der Waals surface area contributed by atoms with Crippen LogP contribution in [-0.4, -0.2) is 20.9 Å². The molecule has 3 aromatic heterocycles. The predicted molar refractivity (Wildman–Crippen MR) is 257 cm³/mol. The maximum Gasteiger partial charge on any atom is 0.162 e. The second kappa shape index (κ2) is 22.5. The molecule has 7 aromatic rings. The molecule has 6 heteroatoms. The van der Waals surface area contributed by atoms with Gasteiger partial charge in [0.15, 0.2) is 5.78 Å². The Bertz CT molecular complexity index is 2580. The molecule has 0 atom stereocenters. The minimum absolute atomic E-state index is 0. The van der Waals surface area contributed by atoms with Gasteiger partial charge in [-0.05, 0) is 94.4 Å². The van der Waals surface area contributed by atoms with Gasteiger partial charge in [0.2, 0.25) is 0 Å². The topological polar surface area (TPSA) is 76.2 Å². The molecule has 0 saturated carbocycles. The minimum Gasteiger partial charge on any atom is -0.512 e. The van der Waals surface area contributed by atoms with Crippen LogP contribution in [0.2, 0.25) is 0 Å². The Morgan fingerprint density at radius 2 is 1.44 bits per heavy atom. The maximum absolute atomic E-state index is 11.7. The van der Waals surface area contributed by atoms with Crippen molar-refractivity contribution in [2.75, 3.05) is 0 Å². The first kappa shape index (κ1) is 49.8. The van der Waals surface area contributed by atoms with E-state index in [4.69, 9.17) is 4.42 Å². The molecular weight excluding hydrogens is 941 g/mol. The van der Waals surface area contributed by atoms with Gasteiger partial charge in [0.25, 0.3) is 0 Å². The normalized spacial score (nSPS) is 11.8. The number of nitrogens with zero attached hydrogens (tertiary/aromatic N) is 2. The van der Waals surface area contributed by atoms with Crippen molar-refractivity contribution >= 4 is 38.3 Å². The summed E-state index contributed by atoms with van der Waals surface area (Å²) < 4.78 is 5.80. The number of pyridine rings is 2. The Morgan fingerprint density at radius 1 is 0.774 bits per heavy atom. The number of rotatable bonds is 11. The molecule has 0 aliphatic rings. The number of fused-ring (bicyclic) bond motifs is 3. The molecular formula is C56H66IrN2O3-2. The zero-order chi connectivity index (χ0) is 44.4. The van der Waals surface area contributed by atoms with Gasteiger partial charge in [-0.2, -0.15) is 0 Å². The molecule has 0 aliphatic heterocycles. The third kappa shape index (κ3) is 12.8. The van der Waals surface area contributed by atoms with E-state index >= 15 is 0 Å². The number of carbonyl (C=O) groups excluding carboxylic acids is 1. The van der Waals surface area contributed by atoms with E-state index in [1.165, 1.54) is 38.9 Å². The summed E-state index contributed by atoms with van der Waals surface area (Å²) in [4.78, 5) is 20.7. The van der Waals surface area contributed by atoms with Gasteiger partial charge >= 0.3 is 0 Å². The van der Waals surface area contributed by atoms with Gasteiger partial charge in [-0.15, -0.1) is 52.6 Å². The Morgan fingerprint density at radius 3 is 2.08 bits per heavy atom. The van der Waals surface area contributed by atoms with E-state index in [0.29, 0.717) is 5.92 Å². The third-order valence-corrected chi connectivity index (χ3v) is 11.4.